The van der Waals surface area contributed by atoms with Crippen LogP contribution in [0.2, 0.25) is 0 Å². The zero-order valence-corrected chi connectivity index (χ0v) is 13.5. The SMILES string of the molecule is CC(C)CCOC1COCCN(C2CCN(C)CC2)C1. The molecular weight excluding hydrogens is 252 g/mol. The van der Waals surface area contributed by atoms with E-state index in [4.69, 9.17) is 9.47 Å². The third kappa shape index (κ3) is 5.32. The van der Waals surface area contributed by atoms with Crippen LogP contribution in [0.15, 0.2) is 0 Å². The summed E-state index contributed by atoms with van der Waals surface area (Å²) in [5, 5.41) is 0. The molecule has 0 radical (unpaired) electrons. The molecule has 0 N–H and O–H groups in total. The Hall–Kier alpha value is -0.160. The van der Waals surface area contributed by atoms with E-state index < -0.39 is 0 Å². The van der Waals surface area contributed by atoms with Crippen LogP contribution in [0.4, 0.5) is 0 Å². The lowest BCUT2D eigenvalue weighted by atomic mass is 10.0. The summed E-state index contributed by atoms with van der Waals surface area (Å²) in [5.41, 5.74) is 0. The van der Waals surface area contributed by atoms with Crippen LogP contribution in [0.5, 0.6) is 0 Å². The fraction of sp³-hybridized carbons (Fsp3) is 1.00. The highest BCUT2D eigenvalue weighted by atomic mass is 16.5. The van der Waals surface area contributed by atoms with Gasteiger partial charge in [0.1, 0.15) is 0 Å². The van der Waals surface area contributed by atoms with Crippen molar-refractivity contribution in [2.24, 2.45) is 5.92 Å². The fourth-order valence-corrected chi connectivity index (χ4v) is 3.07. The number of likely N-dealkylation sites (tertiary alicyclic amines) is 1. The van der Waals surface area contributed by atoms with E-state index >= 15 is 0 Å². The maximum atomic E-state index is 6.04. The quantitative estimate of drug-likeness (QED) is 0.769. The van der Waals surface area contributed by atoms with Gasteiger partial charge in [0.15, 0.2) is 0 Å². The largest absolute Gasteiger partial charge is 0.377 e. The van der Waals surface area contributed by atoms with Crippen molar-refractivity contribution >= 4 is 0 Å². The van der Waals surface area contributed by atoms with Gasteiger partial charge in [0.2, 0.25) is 0 Å². The summed E-state index contributed by atoms with van der Waals surface area (Å²) in [6, 6.07) is 0.726. The van der Waals surface area contributed by atoms with E-state index in [-0.39, 0.29) is 6.10 Å². The fourth-order valence-electron chi connectivity index (χ4n) is 3.07. The molecule has 2 heterocycles. The summed E-state index contributed by atoms with van der Waals surface area (Å²) in [6.07, 6.45) is 3.98. The topological polar surface area (TPSA) is 24.9 Å². The second-order valence-corrected chi connectivity index (χ2v) is 6.78. The van der Waals surface area contributed by atoms with E-state index in [9.17, 15) is 0 Å². The van der Waals surface area contributed by atoms with Gasteiger partial charge < -0.3 is 14.4 Å². The molecule has 118 valence electrons. The minimum Gasteiger partial charge on any atom is -0.377 e. The van der Waals surface area contributed by atoms with Crippen LogP contribution in [-0.2, 0) is 9.47 Å². The Bertz CT molecular complexity index is 265. The lowest BCUT2D eigenvalue weighted by molar-refractivity contribution is -0.0144. The second kappa shape index (κ2) is 8.32. The molecular formula is C16H32N2O2. The van der Waals surface area contributed by atoms with Crippen LogP contribution in [0.1, 0.15) is 33.1 Å². The molecule has 2 aliphatic heterocycles. The summed E-state index contributed by atoms with van der Waals surface area (Å²) in [4.78, 5) is 5.04. The Balaban J connectivity index is 1.77. The van der Waals surface area contributed by atoms with Crippen molar-refractivity contribution in [3.8, 4) is 0 Å². The molecule has 0 amide bonds. The van der Waals surface area contributed by atoms with Gasteiger partial charge in [0, 0.05) is 25.7 Å². The van der Waals surface area contributed by atoms with Crippen LogP contribution < -0.4 is 0 Å². The molecule has 2 fully saturated rings. The smallest absolute Gasteiger partial charge is 0.0935 e. The average molecular weight is 284 g/mol. The van der Waals surface area contributed by atoms with Gasteiger partial charge in [0.05, 0.1) is 19.3 Å². The van der Waals surface area contributed by atoms with Crippen molar-refractivity contribution in [1.82, 2.24) is 9.80 Å². The van der Waals surface area contributed by atoms with Crippen LogP contribution in [0, 0.1) is 5.92 Å². The summed E-state index contributed by atoms with van der Waals surface area (Å²) in [6.45, 7) is 11.5. The van der Waals surface area contributed by atoms with Crippen LogP contribution in [0.3, 0.4) is 0 Å². The predicted octanol–water partition coefficient (Wildman–Crippen LogP) is 1.84. The molecule has 2 aliphatic rings. The summed E-state index contributed by atoms with van der Waals surface area (Å²) in [5.74, 6) is 0.715. The minimum atomic E-state index is 0.260. The summed E-state index contributed by atoms with van der Waals surface area (Å²) >= 11 is 0. The minimum absolute atomic E-state index is 0.260. The highest BCUT2D eigenvalue weighted by Crippen LogP contribution is 2.18. The van der Waals surface area contributed by atoms with Gasteiger partial charge >= 0.3 is 0 Å². The molecule has 2 saturated heterocycles. The Kier molecular flexibility index (Phi) is 6.75. The number of hydrogen-bond acceptors (Lipinski definition) is 4. The number of rotatable bonds is 5. The van der Waals surface area contributed by atoms with Gasteiger partial charge in [-0.25, -0.2) is 0 Å². The zero-order valence-electron chi connectivity index (χ0n) is 13.5. The first-order chi connectivity index (χ1) is 9.65. The van der Waals surface area contributed by atoms with Crippen molar-refractivity contribution in [2.45, 2.75) is 45.3 Å². The molecule has 0 bridgehead atoms. The number of nitrogens with zero attached hydrogens (tertiary/aromatic N) is 2. The van der Waals surface area contributed by atoms with Gasteiger partial charge in [0.25, 0.3) is 0 Å². The first-order valence-electron chi connectivity index (χ1n) is 8.27. The molecule has 4 nitrogen and oxygen atoms in total. The van der Waals surface area contributed by atoms with E-state index in [1.54, 1.807) is 0 Å². The monoisotopic (exact) mass is 284 g/mol. The lowest BCUT2D eigenvalue weighted by Crippen LogP contribution is -2.47. The maximum Gasteiger partial charge on any atom is 0.0935 e. The Morgan fingerprint density at radius 1 is 1.20 bits per heavy atom. The average Bonchev–Trinajstić information content (AvgIpc) is 2.65. The van der Waals surface area contributed by atoms with Gasteiger partial charge in [-0.05, 0) is 45.3 Å². The maximum absolute atomic E-state index is 6.04. The normalized spacial score (nSPS) is 27.9. The Morgan fingerprint density at radius 3 is 2.65 bits per heavy atom. The van der Waals surface area contributed by atoms with Crippen LogP contribution in [-0.4, -0.2) is 75.0 Å². The van der Waals surface area contributed by atoms with Crippen molar-refractivity contribution in [3.05, 3.63) is 0 Å². The van der Waals surface area contributed by atoms with Crippen molar-refractivity contribution < 1.29 is 9.47 Å². The molecule has 0 aromatic heterocycles. The highest BCUT2D eigenvalue weighted by molar-refractivity contribution is 4.81. The molecule has 1 unspecified atom stereocenters. The molecule has 20 heavy (non-hydrogen) atoms. The summed E-state index contributed by atoms with van der Waals surface area (Å²) in [7, 11) is 2.22. The van der Waals surface area contributed by atoms with Crippen molar-refractivity contribution in [1.29, 1.82) is 0 Å². The Morgan fingerprint density at radius 2 is 1.95 bits per heavy atom. The zero-order chi connectivity index (χ0) is 14.4. The number of hydrogen-bond donors (Lipinski definition) is 0. The predicted molar refractivity (Wildman–Crippen MR) is 82.1 cm³/mol. The van der Waals surface area contributed by atoms with Gasteiger partial charge in [-0.3, -0.25) is 4.90 Å². The molecule has 0 spiro atoms. The van der Waals surface area contributed by atoms with Crippen LogP contribution >= 0.6 is 0 Å². The lowest BCUT2D eigenvalue weighted by Gasteiger charge is -2.37. The number of ether oxygens (including phenoxy) is 2. The molecule has 0 aromatic carbocycles. The van der Waals surface area contributed by atoms with Crippen molar-refractivity contribution in [2.75, 3.05) is 53.0 Å². The summed E-state index contributed by atoms with van der Waals surface area (Å²) < 4.78 is 11.8. The van der Waals surface area contributed by atoms with E-state index in [1.165, 1.54) is 25.9 Å². The van der Waals surface area contributed by atoms with Gasteiger partial charge in [-0.2, -0.15) is 0 Å². The number of piperidine rings is 1. The first-order valence-corrected chi connectivity index (χ1v) is 8.27. The van der Waals surface area contributed by atoms with E-state index in [0.717, 1.165) is 45.4 Å². The van der Waals surface area contributed by atoms with Crippen LogP contribution in [0.25, 0.3) is 0 Å². The van der Waals surface area contributed by atoms with Crippen molar-refractivity contribution in [3.63, 3.8) is 0 Å². The third-order valence-electron chi connectivity index (χ3n) is 4.52. The first kappa shape index (κ1) is 16.2. The molecule has 1 atom stereocenters. The highest BCUT2D eigenvalue weighted by Gasteiger charge is 2.27. The second-order valence-electron chi connectivity index (χ2n) is 6.78. The Labute approximate surface area is 124 Å². The van der Waals surface area contributed by atoms with Gasteiger partial charge in [-0.1, -0.05) is 13.8 Å². The van der Waals surface area contributed by atoms with E-state index in [0.29, 0.717) is 5.92 Å². The molecule has 4 heteroatoms. The molecule has 0 aliphatic carbocycles. The van der Waals surface area contributed by atoms with E-state index in [2.05, 4.69) is 30.7 Å². The molecule has 0 saturated carbocycles. The third-order valence-corrected chi connectivity index (χ3v) is 4.52. The standard InChI is InChI=1S/C16H32N2O2/c1-14(2)6-10-20-16-12-18(9-11-19-13-16)15-4-7-17(3)8-5-15/h14-16H,4-13H2,1-3H3. The van der Waals surface area contributed by atoms with Gasteiger partial charge in [-0.15, -0.1) is 0 Å². The molecule has 0 aromatic rings. The van der Waals surface area contributed by atoms with E-state index in [1.807, 2.05) is 0 Å². The molecule has 2 rings (SSSR count).